The molecule has 8 heteroatoms. The minimum absolute atomic E-state index is 0.00990. The van der Waals surface area contributed by atoms with E-state index in [1.165, 1.54) is 24.3 Å². The quantitative estimate of drug-likeness (QED) is 0.777. The summed E-state index contributed by atoms with van der Waals surface area (Å²) in [5.74, 6) is -0.825. The highest BCUT2D eigenvalue weighted by Gasteiger charge is 2.54. The molecule has 7 nitrogen and oxygen atoms in total. The van der Waals surface area contributed by atoms with Gasteiger partial charge in [-0.15, -0.1) is 0 Å². The molecule has 4 rings (SSSR count). The largest absolute Gasteiger partial charge is 0.355 e. The Morgan fingerprint density at radius 3 is 2.31 bits per heavy atom. The van der Waals surface area contributed by atoms with Crippen molar-refractivity contribution in [2.75, 3.05) is 37.7 Å². The molecule has 0 saturated carbocycles. The van der Waals surface area contributed by atoms with Crippen molar-refractivity contribution in [1.29, 1.82) is 0 Å². The number of piperidine rings is 1. The fraction of sp³-hybridized carbons (Fsp3) is 0.375. The molecule has 32 heavy (non-hydrogen) atoms. The van der Waals surface area contributed by atoms with E-state index in [0.29, 0.717) is 44.7 Å². The van der Waals surface area contributed by atoms with Crippen LogP contribution in [0.1, 0.15) is 30.1 Å². The highest BCUT2D eigenvalue weighted by molar-refractivity contribution is 5.97. The predicted molar refractivity (Wildman–Crippen MR) is 118 cm³/mol. The number of para-hydroxylation sites is 1. The number of benzene rings is 2. The van der Waals surface area contributed by atoms with Crippen molar-refractivity contribution in [3.05, 3.63) is 66.0 Å². The Morgan fingerprint density at radius 1 is 1.03 bits per heavy atom. The number of likely N-dealkylation sites (N-methyl/N-ethyl adjacent to an activating group) is 1. The molecular weight excluding hydrogens is 411 g/mol. The Hall–Kier alpha value is -3.42. The van der Waals surface area contributed by atoms with Crippen molar-refractivity contribution in [3.8, 4) is 0 Å². The first kappa shape index (κ1) is 21.8. The lowest BCUT2D eigenvalue weighted by molar-refractivity contribution is -0.137. The average Bonchev–Trinajstić information content (AvgIpc) is 3.06. The van der Waals surface area contributed by atoms with Crippen molar-refractivity contribution < 1.29 is 18.8 Å². The smallest absolute Gasteiger partial charge is 0.253 e. The lowest BCUT2D eigenvalue weighted by atomic mass is 9.85. The lowest BCUT2D eigenvalue weighted by Gasteiger charge is -2.43. The van der Waals surface area contributed by atoms with Crippen LogP contribution in [0.3, 0.4) is 0 Å². The summed E-state index contributed by atoms with van der Waals surface area (Å²) in [5.41, 5.74) is 0.545. The topological polar surface area (TPSA) is 73.0 Å². The van der Waals surface area contributed by atoms with Crippen LogP contribution >= 0.6 is 0 Å². The highest BCUT2D eigenvalue weighted by Crippen LogP contribution is 2.39. The first-order valence-electron chi connectivity index (χ1n) is 10.9. The summed E-state index contributed by atoms with van der Waals surface area (Å²) in [6, 6.07) is 15.2. The van der Waals surface area contributed by atoms with Crippen LogP contribution in [-0.2, 0) is 9.59 Å². The Morgan fingerprint density at radius 2 is 1.69 bits per heavy atom. The van der Waals surface area contributed by atoms with Crippen LogP contribution in [0.4, 0.5) is 10.1 Å². The Balaban J connectivity index is 1.55. The van der Waals surface area contributed by atoms with Crippen LogP contribution in [0.25, 0.3) is 0 Å². The number of amides is 3. The molecule has 2 aliphatic rings. The second-order valence-electron chi connectivity index (χ2n) is 8.19. The Labute approximate surface area is 186 Å². The SMILES string of the molecule is CCNC(=O)CN1CN(c2ccccc2)C2(CCN(C(=O)c3ccc(F)cc3)CC2)C1=O. The van der Waals surface area contributed by atoms with E-state index in [1.807, 2.05) is 37.3 Å². The Kier molecular flexibility index (Phi) is 6.12. The van der Waals surface area contributed by atoms with E-state index < -0.39 is 5.54 Å². The summed E-state index contributed by atoms with van der Waals surface area (Å²) in [6.45, 7) is 3.49. The molecule has 0 aliphatic carbocycles. The number of hydrogen-bond donors (Lipinski definition) is 1. The summed E-state index contributed by atoms with van der Waals surface area (Å²) in [4.78, 5) is 44.0. The van der Waals surface area contributed by atoms with Gasteiger partial charge in [-0.3, -0.25) is 14.4 Å². The van der Waals surface area contributed by atoms with Gasteiger partial charge >= 0.3 is 0 Å². The van der Waals surface area contributed by atoms with Gasteiger partial charge in [0.1, 0.15) is 17.9 Å². The zero-order valence-electron chi connectivity index (χ0n) is 18.1. The highest BCUT2D eigenvalue weighted by atomic mass is 19.1. The lowest BCUT2D eigenvalue weighted by Crippen LogP contribution is -2.57. The third-order valence-corrected chi connectivity index (χ3v) is 6.26. The van der Waals surface area contributed by atoms with E-state index in [9.17, 15) is 18.8 Å². The zero-order valence-corrected chi connectivity index (χ0v) is 18.1. The normalized spacial score (nSPS) is 17.7. The van der Waals surface area contributed by atoms with Gasteiger partial charge in [0.15, 0.2) is 0 Å². The predicted octanol–water partition coefficient (Wildman–Crippen LogP) is 2.24. The van der Waals surface area contributed by atoms with E-state index in [2.05, 4.69) is 10.2 Å². The van der Waals surface area contributed by atoms with Gasteiger partial charge in [0.05, 0.1) is 6.67 Å². The standard InChI is InChI=1S/C24H27FN4O3/c1-2-26-21(30)16-28-17-29(20-6-4-3-5-7-20)24(23(28)32)12-14-27(15-13-24)22(31)18-8-10-19(25)11-9-18/h3-11H,2,12-17H2,1H3,(H,26,30). The van der Waals surface area contributed by atoms with Crippen molar-refractivity contribution in [3.63, 3.8) is 0 Å². The van der Waals surface area contributed by atoms with Gasteiger partial charge in [-0.2, -0.15) is 0 Å². The minimum Gasteiger partial charge on any atom is -0.355 e. The van der Waals surface area contributed by atoms with Crippen molar-refractivity contribution in [2.24, 2.45) is 0 Å². The van der Waals surface area contributed by atoms with Crippen LogP contribution in [0.2, 0.25) is 0 Å². The number of halogens is 1. The number of likely N-dealkylation sites (tertiary alicyclic amines) is 1. The maximum atomic E-state index is 13.5. The molecule has 2 saturated heterocycles. The number of carbonyl (C=O) groups excluding carboxylic acids is 3. The van der Waals surface area contributed by atoms with Crippen LogP contribution in [-0.4, -0.2) is 65.9 Å². The van der Waals surface area contributed by atoms with Crippen LogP contribution in [0.5, 0.6) is 0 Å². The van der Waals surface area contributed by atoms with Crippen molar-refractivity contribution in [2.45, 2.75) is 25.3 Å². The number of anilines is 1. The third kappa shape index (κ3) is 4.04. The molecule has 2 aromatic carbocycles. The molecule has 2 heterocycles. The molecule has 1 N–H and O–H groups in total. The maximum absolute atomic E-state index is 13.5. The van der Waals surface area contributed by atoms with Crippen LogP contribution in [0.15, 0.2) is 54.6 Å². The number of hydrogen-bond acceptors (Lipinski definition) is 4. The minimum atomic E-state index is -0.798. The van der Waals surface area contributed by atoms with Gasteiger partial charge < -0.3 is 20.0 Å². The molecular formula is C24H27FN4O3. The second-order valence-corrected chi connectivity index (χ2v) is 8.19. The van der Waals surface area contributed by atoms with Gasteiger partial charge in [0.25, 0.3) is 11.8 Å². The molecule has 2 aromatic rings. The molecule has 0 radical (unpaired) electrons. The van der Waals surface area contributed by atoms with Crippen LogP contribution in [0, 0.1) is 5.82 Å². The van der Waals surface area contributed by atoms with E-state index in [-0.39, 0.29) is 30.1 Å². The molecule has 2 aliphatic heterocycles. The molecule has 0 bridgehead atoms. The van der Waals surface area contributed by atoms with Gasteiger partial charge in [-0.25, -0.2) is 4.39 Å². The van der Waals surface area contributed by atoms with Gasteiger partial charge in [-0.1, -0.05) is 18.2 Å². The van der Waals surface area contributed by atoms with E-state index in [4.69, 9.17) is 0 Å². The van der Waals surface area contributed by atoms with Crippen molar-refractivity contribution >= 4 is 23.4 Å². The zero-order chi connectivity index (χ0) is 22.7. The maximum Gasteiger partial charge on any atom is 0.253 e. The second kappa shape index (κ2) is 8.98. The number of rotatable bonds is 5. The molecule has 0 aromatic heterocycles. The molecule has 0 unspecified atom stereocenters. The first-order valence-corrected chi connectivity index (χ1v) is 10.9. The fourth-order valence-corrected chi connectivity index (χ4v) is 4.60. The van der Waals surface area contributed by atoms with Gasteiger partial charge in [-0.05, 0) is 56.2 Å². The summed E-state index contributed by atoms with van der Waals surface area (Å²) in [7, 11) is 0. The van der Waals surface area contributed by atoms with E-state index in [0.717, 1.165) is 5.69 Å². The number of nitrogens with zero attached hydrogens (tertiary/aromatic N) is 3. The molecule has 2 fully saturated rings. The summed E-state index contributed by atoms with van der Waals surface area (Å²) < 4.78 is 13.2. The molecule has 0 atom stereocenters. The molecule has 1 spiro atoms. The summed E-state index contributed by atoms with van der Waals surface area (Å²) in [6.07, 6.45) is 0.916. The van der Waals surface area contributed by atoms with Crippen molar-refractivity contribution in [1.82, 2.24) is 15.1 Å². The summed E-state index contributed by atoms with van der Waals surface area (Å²) >= 11 is 0. The first-order chi connectivity index (χ1) is 15.4. The van der Waals surface area contributed by atoms with Crippen LogP contribution < -0.4 is 10.2 Å². The molecule has 168 valence electrons. The van der Waals surface area contributed by atoms with Gasteiger partial charge in [0, 0.05) is 30.9 Å². The molecule has 3 amide bonds. The fourth-order valence-electron chi connectivity index (χ4n) is 4.60. The summed E-state index contributed by atoms with van der Waals surface area (Å²) in [5, 5.41) is 2.75. The average molecular weight is 439 g/mol. The van der Waals surface area contributed by atoms with E-state index >= 15 is 0 Å². The van der Waals surface area contributed by atoms with E-state index in [1.54, 1.807) is 9.80 Å². The number of nitrogens with one attached hydrogen (secondary N) is 1. The number of carbonyl (C=O) groups is 3. The monoisotopic (exact) mass is 438 g/mol. The third-order valence-electron chi connectivity index (χ3n) is 6.26. The van der Waals surface area contributed by atoms with Gasteiger partial charge in [0.2, 0.25) is 5.91 Å². The Bertz CT molecular complexity index is 988.